The molecular formula is C25H28ClNO2. The van der Waals surface area contributed by atoms with Gasteiger partial charge in [0.15, 0.2) is 0 Å². The van der Waals surface area contributed by atoms with Crippen molar-refractivity contribution < 1.29 is 9.90 Å². The first kappa shape index (κ1) is 21.4. The third kappa shape index (κ3) is 4.31. The van der Waals surface area contributed by atoms with Crippen molar-refractivity contribution in [1.29, 1.82) is 0 Å². The van der Waals surface area contributed by atoms with Crippen molar-refractivity contribution in [2.45, 2.75) is 30.7 Å². The Kier molecular flexibility index (Phi) is 6.94. The lowest BCUT2D eigenvalue weighted by Crippen LogP contribution is -2.56. The molecule has 1 N–H and O–H groups in total. The van der Waals surface area contributed by atoms with Crippen LogP contribution in [0.4, 0.5) is 0 Å². The van der Waals surface area contributed by atoms with E-state index in [0.717, 1.165) is 25.8 Å². The predicted octanol–water partition coefficient (Wildman–Crippen LogP) is 5.29. The number of likely N-dealkylation sites (tertiary alicyclic amines) is 1. The van der Waals surface area contributed by atoms with Crippen LogP contribution in [0.5, 0.6) is 0 Å². The number of hydrogen-bond donors (Lipinski definition) is 1. The number of rotatable bonds is 5. The van der Waals surface area contributed by atoms with E-state index in [0.29, 0.717) is 6.54 Å². The molecule has 2 atom stereocenters. The Morgan fingerprint density at radius 1 is 1.00 bits per heavy atom. The molecule has 2 aliphatic rings. The van der Waals surface area contributed by atoms with Gasteiger partial charge in [0.1, 0.15) is 0 Å². The third-order valence-electron chi connectivity index (χ3n) is 6.20. The number of benzene rings is 2. The Hall–Kier alpha value is -2.36. The number of allylic oxidation sites excluding steroid dienone is 2. The van der Waals surface area contributed by atoms with E-state index in [-0.39, 0.29) is 29.8 Å². The summed E-state index contributed by atoms with van der Waals surface area (Å²) in [6.07, 6.45) is 11.3. The Bertz CT molecular complexity index is 825. The maximum absolute atomic E-state index is 11.7. The van der Waals surface area contributed by atoms with Gasteiger partial charge in [0, 0.05) is 12.5 Å². The van der Waals surface area contributed by atoms with E-state index in [9.17, 15) is 9.90 Å². The molecule has 2 aromatic carbocycles. The van der Waals surface area contributed by atoms with Crippen molar-refractivity contribution in [3.05, 3.63) is 96.1 Å². The van der Waals surface area contributed by atoms with Gasteiger partial charge in [0.25, 0.3) is 0 Å². The molecule has 152 valence electrons. The molecule has 1 aliphatic carbocycles. The average Bonchev–Trinajstić information content (AvgIpc) is 2.76. The highest BCUT2D eigenvalue weighted by Gasteiger charge is 2.45. The molecule has 1 fully saturated rings. The minimum Gasteiger partial charge on any atom is -0.481 e. The summed E-state index contributed by atoms with van der Waals surface area (Å²) in [7, 11) is 0. The number of carboxylic acids is 1. The highest BCUT2D eigenvalue weighted by Crippen LogP contribution is 2.45. The standard InChI is InChI=1S/C25H27NO2.ClH/c27-24(28)22-15-10-18-26(19-22)25(16-8-3-9-17-25)23(20-11-4-1-5-12-20)21-13-6-2-7-14-21;/h1-9,11-14,16,22-23H,10,15,17-19H2,(H,27,28);1H. The van der Waals surface area contributed by atoms with Gasteiger partial charge in [-0.05, 0) is 36.9 Å². The number of hydrogen-bond acceptors (Lipinski definition) is 2. The highest BCUT2D eigenvalue weighted by molar-refractivity contribution is 5.85. The molecule has 0 radical (unpaired) electrons. The number of aliphatic carboxylic acids is 1. The highest BCUT2D eigenvalue weighted by atomic mass is 35.5. The molecular weight excluding hydrogens is 382 g/mol. The SMILES string of the molecule is Cl.O=C(O)C1CCCN(C2(C(c3ccccc3)c3ccccc3)C=CC=CC2)C1. The van der Waals surface area contributed by atoms with Crippen LogP contribution >= 0.6 is 12.4 Å². The van der Waals surface area contributed by atoms with Crippen LogP contribution in [-0.4, -0.2) is 34.6 Å². The topological polar surface area (TPSA) is 40.5 Å². The summed E-state index contributed by atoms with van der Waals surface area (Å²) in [6, 6.07) is 21.3. The van der Waals surface area contributed by atoms with Crippen LogP contribution in [0.1, 0.15) is 36.3 Å². The first-order valence-electron chi connectivity index (χ1n) is 10.1. The Morgan fingerprint density at radius 3 is 2.14 bits per heavy atom. The van der Waals surface area contributed by atoms with E-state index in [1.54, 1.807) is 0 Å². The lowest BCUT2D eigenvalue weighted by atomic mass is 9.69. The molecule has 1 saturated heterocycles. The van der Waals surface area contributed by atoms with Gasteiger partial charge in [-0.1, -0.05) is 85.0 Å². The van der Waals surface area contributed by atoms with E-state index >= 15 is 0 Å². The van der Waals surface area contributed by atoms with Gasteiger partial charge in [0.2, 0.25) is 0 Å². The van der Waals surface area contributed by atoms with Crippen LogP contribution in [0.25, 0.3) is 0 Å². The maximum atomic E-state index is 11.7. The van der Waals surface area contributed by atoms with Gasteiger partial charge in [-0.2, -0.15) is 0 Å². The van der Waals surface area contributed by atoms with Crippen LogP contribution in [0.3, 0.4) is 0 Å². The fraction of sp³-hybridized carbons (Fsp3) is 0.320. The normalized spacial score (nSPS) is 24.2. The summed E-state index contributed by atoms with van der Waals surface area (Å²) in [6.45, 7) is 1.53. The second-order valence-corrected chi connectivity index (χ2v) is 7.86. The van der Waals surface area contributed by atoms with E-state index < -0.39 is 5.97 Å². The average molecular weight is 410 g/mol. The first-order valence-corrected chi connectivity index (χ1v) is 10.1. The molecule has 2 unspecified atom stereocenters. The molecule has 4 rings (SSSR count). The van der Waals surface area contributed by atoms with Gasteiger partial charge >= 0.3 is 5.97 Å². The van der Waals surface area contributed by atoms with E-state index in [4.69, 9.17) is 0 Å². The lowest BCUT2D eigenvalue weighted by molar-refractivity contribution is -0.144. The molecule has 2 aromatic rings. The largest absolute Gasteiger partial charge is 0.481 e. The second-order valence-electron chi connectivity index (χ2n) is 7.86. The van der Waals surface area contributed by atoms with Gasteiger partial charge in [-0.25, -0.2) is 0 Å². The maximum Gasteiger partial charge on any atom is 0.307 e. The number of carboxylic acid groups (broad SMARTS) is 1. The zero-order valence-corrected chi connectivity index (χ0v) is 17.3. The molecule has 0 aromatic heterocycles. The molecule has 1 heterocycles. The molecule has 3 nitrogen and oxygen atoms in total. The Balaban J connectivity index is 0.00000240. The summed E-state index contributed by atoms with van der Waals surface area (Å²) in [5, 5.41) is 9.65. The smallest absolute Gasteiger partial charge is 0.307 e. The zero-order chi connectivity index (χ0) is 19.4. The Morgan fingerprint density at radius 2 is 1.62 bits per heavy atom. The zero-order valence-electron chi connectivity index (χ0n) is 16.5. The minimum atomic E-state index is -0.675. The van der Waals surface area contributed by atoms with Crippen molar-refractivity contribution >= 4 is 18.4 Å². The summed E-state index contributed by atoms with van der Waals surface area (Å²) in [5.74, 6) is -0.827. The fourth-order valence-corrected chi connectivity index (χ4v) is 4.87. The summed E-state index contributed by atoms with van der Waals surface area (Å²) < 4.78 is 0. The summed E-state index contributed by atoms with van der Waals surface area (Å²) in [5.41, 5.74) is 2.28. The quantitative estimate of drug-likeness (QED) is 0.729. The number of halogens is 1. The first-order chi connectivity index (χ1) is 13.7. The van der Waals surface area contributed by atoms with Crippen molar-refractivity contribution in [1.82, 2.24) is 4.90 Å². The van der Waals surface area contributed by atoms with E-state index in [1.165, 1.54) is 11.1 Å². The molecule has 0 bridgehead atoms. The van der Waals surface area contributed by atoms with Crippen molar-refractivity contribution in [2.24, 2.45) is 5.92 Å². The summed E-state index contributed by atoms with van der Waals surface area (Å²) >= 11 is 0. The van der Waals surface area contributed by atoms with Crippen LogP contribution in [0.15, 0.2) is 85.0 Å². The number of nitrogens with zero attached hydrogens (tertiary/aromatic N) is 1. The van der Waals surface area contributed by atoms with Crippen LogP contribution in [-0.2, 0) is 4.79 Å². The fourth-order valence-electron chi connectivity index (χ4n) is 4.87. The van der Waals surface area contributed by atoms with Crippen LogP contribution < -0.4 is 0 Å². The minimum absolute atomic E-state index is 0. The molecule has 0 amide bonds. The summed E-state index contributed by atoms with van der Waals surface area (Å²) in [4.78, 5) is 14.2. The third-order valence-corrected chi connectivity index (χ3v) is 6.20. The second kappa shape index (κ2) is 9.43. The predicted molar refractivity (Wildman–Crippen MR) is 120 cm³/mol. The van der Waals surface area contributed by atoms with Crippen molar-refractivity contribution in [2.75, 3.05) is 13.1 Å². The Labute approximate surface area is 179 Å². The number of piperidine rings is 1. The molecule has 1 aliphatic heterocycles. The lowest BCUT2D eigenvalue weighted by Gasteiger charge is -2.50. The van der Waals surface area contributed by atoms with Crippen molar-refractivity contribution in [3.63, 3.8) is 0 Å². The van der Waals surface area contributed by atoms with Crippen LogP contribution in [0, 0.1) is 5.92 Å². The van der Waals surface area contributed by atoms with Gasteiger partial charge < -0.3 is 5.11 Å². The van der Waals surface area contributed by atoms with E-state index in [2.05, 4.69) is 89.9 Å². The van der Waals surface area contributed by atoms with Gasteiger partial charge in [-0.15, -0.1) is 12.4 Å². The number of carbonyl (C=O) groups is 1. The van der Waals surface area contributed by atoms with Gasteiger partial charge in [-0.3, -0.25) is 9.69 Å². The van der Waals surface area contributed by atoms with Crippen LogP contribution in [0.2, 0.25) is 0 Å². The van der Waals surface area contributed by atoms with E-state index in [1.807, 2.05) is 0 Å². The van der Waals surface area contributed by atoms with Crippen molar-refractivity contribution in [3.8, 4) is 0 Å². The molecule has 0 spiro atoms. The molecule has 29 heavy (non-hydrogen) atoms. The van der Waals surface area contributed by atoms with Gasteiger partial charge in [0.05, 0.1) is 11.5 Å². The monoisotopic (exact) mass is 409 g/mol. The molecule has 0 saturated carbocycles. The molecule has 4 heteroatoms.